The summed E-state index contributed by atoms with van der Waals surface area (Å²) in [5.41, 5.74) is 4.18. The van der Waals surface area contributed by atoms with Crippen molar-refractivity contribution in [2.75, 3.05) is 0 Å². The van der Waals surface area contributed by atoms with Crippen LogP contribution < -0.4 is 10.1 Å². The topological polar surface area (TPSA) is 51.2 Å². The molecule has 0 spiro atoms. The van der Waals surface area contributed by atoms with Crippen LogP contribution in [0.5, 0.6) is 5.75 Å². The van der Waals surface area contributed by atoms with E-state index in [2.05, 4.69) is 38.8 Å². The van der Waals surface area contributed by atoms with Gasteiger partial charge in [0.05, 0.1) is 5.69 Å². The lowest BCUT2D eigenvalue weighted by Crippen LogP contribution is -2.35. The third-order valence-corrected chi connectivity index (χ3v) is 6.16. The van der Waals surface area contributed by atoms with Gasteiger partial charge in [-0.1, -0.05) is 70.5 Å². The van der Waals surface area contributed by atoms with Gasteiger partial charge in [-0.05, 0) is 36.8 Å². The molecule has 1 N–H and O–H groups in total. The molecule has 0 saturated heterocycles. The van der Waals surface area contributed by atoms with E-state index in [0.29, 0.717) is 12.3 Å². The van der Waals surface area contributed by atoms with Crippen LogP contribution in [0.15, 0.2) is 88.7 Å². The minimum atomic E-state index is -0.577. The fourth-order valence-electron chi connectivity index (χ4n) is 3.02. The van der Waals surface area contributed by atoms with Crippen LogP contribution in [0.1, 0.15) is 12.5 Å². The Hall–Kier alpha value is -2.96. The highest BCUT2D eigenvalue weighted by molar-refractivity contribution is 9.10. The molecule has 6 heteroatoms. The zero-order valence-electron chi connectivity index (χ0n) is 16.9. The molecule has 4 rings (SSSR count). The molecule has 156 valence electrons. The van der Waals surface area contributed by atoms with E-state index in [1.807, 2.05) is 66.7 Å². The second kappa shape index (κ2) is 9.90. The van der Waals surface area contributed by atoms with Crippen molar-refractivity contribution in [1.82, 2.24) is 10.3 Å². The summed E-state index contributed by atoms with van der Waals surface area (Å²) in [6.45, 7) is 2.19. The van der Waals surface area contributed by atoms with Gasteiger partial charge in [-0.15, -0.1) is 11.3 Å². The van der Waals surface area contributed by atoms with Crippen LogP contribution in [-0.4, -0.2) is 17.0 Å². The molecule has 0 aliphatic heterocycles. The molecule has 0 saturated carbocycles. The first-order valence-corrected chi connectivity index (χ1v) is 11.6. The Morgan fingerprint density at radius 3 is 2.42 bits per heavy atom. The maximum absolute atomic E-state index is 12.4. The Bertz CT molecular complexity index is 1140. The smallest absolute Gasteiger partial charge is 0.261 e. The normalized spacial score (nSPS) is 11.7. The van der Waals surface area contributed by atoms with E-state index < -0.39 is 6.10 Å². The maximum atomic E-state index is 12.4. The number of thiazole rings is 1. The maximum Gasteiger partial charge on any atom is 0.261 e. The van der Waals surface area contributed by atoms with Crippen LogP contribution in [0.3, 0.4) is 0 Å². The number of carbonyl (C=O) groups excluding carboxylic acids is 1. The Balaban J connectivity index is 1.33. The third kappa shape index (κ3) is 5.60. The molecule has 31 heavy (non-hydrogen) atoms. The molecule has 4 nitrogen and oxygen atoms in total. The molecular weight excluding hydrogens is 472 g/mol. The average Bonchev–Trinajstić information content (AvgIpc) is 3.30. The van der Waals surface area contributed by atoms with Gasteiger partial charge in [0, 0.05) is 27.5 Å². The van der Waals surface area contributed by atoms with Gasteiger partial charge in [-0.3, -0.25) is 4.79 Å². The highest BCUT2D eigenvalue weighted by Crippen LogP contribution is 2.29. The highest BCUT2D eigenvalue weighted by atomic mass is 79.9. The fourth-order valence-corrected chi connectivity index (χ4v) is 4.12. The summed E-state index contributed by atoms with van der Waals surface area (Å²) in [5, 5.41) is 5.98. The highest BCUT2D eigenvalue weighted by Gasteiger charge is 2.14. The Kier molecular flexibility index (Phi) is 6.79. The number of nitrogens with zero attached hydrogens (tertiary/aromatic N) is 1. The number of hydrogen-bond acceptors (Lipinski definition) is 4. The van der Waals surface area contributed by atoms with Crippen molar-refractivity contribution in [2.24, 2.45) is 0 Å². The van der Waals surface area contributed by atoms with Crippen molar-refractivity contribution in [2.45, 2.75) is 19.6 Å². The molecule has 0 radical (unpaired) electrons. The molecule has 0 fully saturated rings. The van der Waals surface area contributed by atoms with Gasteiger partial charge < -0.3 is 10.1 Å². The van der Waals surface area contributed by atoms with Gasteiger partial charge in [0.1, 0.15) is 10.8 Å². The summed E-state index contributed by atoms with van der Waals surface area (Å²) in [7, 11) is 0. The van der Waals surface area contributed by atoms with E-state index in [1.54, 1.807) is 18.3 Å². The van der Waals surface area contributed by atoms with E-state index in [0.717, 1.165) is 31.9 Å². The number of amides is 1. The molecule has 1 amide bonds. The van der Waals surface area contributed by atoms with Crippen LogP contribution in [-0.2, 0) is 11.3 Å². The minimum absolute atomic E-state index is 0.153. The number of carbonyl (C=O) groups is 1. The number of aromatic nitrogens is 1. The zero-order chi connectivity index (χ0) is 21.6. The van der Waals surface area contributed by atoms with E-state index >= 15 is 0 Å². The van der Waals surface area contributed by atoms with Crippen LogP contribution in [0.2, 0.25) is 0 Å². The average molecular weight is 493 g/mol. The first kappa shape index (κ1) is 21.3. The van der Waals surface area contributed by atoms with Crippen molar-refractivity contribution in [3.63, 3.8) is 0 Å². The molecular formula is C25H21BrN2O2S. The standard InChI is InChI=1S/C25H21BrN2O2S/c1-17(30-22-13-11-21(26)12-14-22)24(29)27-15-18-7-9-20(10-8-18)25-28-23(16-31-25)19-5-3-2-4-6-19/h2-14,16-17H,15H2,1H3,(H,27,29). The molecule has 4 aromatic rings. The van der Waals surface area contributed by atoms with Gasteiger partial charge >= 0.3 is 0 Å². The molecule has 0 bridgehead atoms. The van der Waals surface area contributed by atoms with Crippen molar-refractivity contribution in [1.29, 1.82) is 0 Å². The van der Waals surface area contributed by atoms with Crippen molar-refractivity contribution >= 4 is 33.2 Å². The molecule has 0 aliphatic carbocycles. The second-order valence-corrected chi connectivity index (χ2v) is 8.81. The summed E-state index contributed by atoms with van der Waals surface area (Å²) in [6, 6.07) is 25.7. The zero-order valence-corrected chi connectivity index (χ0v) is 19.3. The fraction of sp³-hybridized carbons (Fsp3) is 0.120. The molecule has 1 atom stereocenters. The Labute approximate surface area is 194 Å². The van der Waals surface area contributed by atoms with Crippen LogP contribution in [0.4, 0.5) is 0 Å². The third-order valence-electron chi connectivity index (χ3n) is 4.74. The number of nitrogens with one attached hydrogen (secondary N) is 1. The lowest BCUT2D eigenvalue weighted by Gasteiger charge is -2.15. The van der Waals surface area contributed by atoms with E-state index in [-0.39, 0.29) is 5.91 Å². The quantitative estimate of drug-likeness (QED) is 0.328. The van der Waals surface area contributed by atoms with E-state index in [1.165, 1.54) is 0 Å². The number of hydrogen-bond donors (Lipinski definition) is 1. The largest absolute Gasteiger partial charge is 0.481 e. The summed E-state index contributed by atoms with van der Waals surface area (Å²) in [4.78, 5) is 17.1. The number of benzene rings is 3. The molecule has 1 aromatic heterocycles. The predicted molar refractivity (Wildman–Crippen MR) is 129 cm³/mol. The van der Waals surface area contributed by atoms with E-state index in [4.69, 9.17) is 9.72 Å². The Morgan fingerprint density at radius 1 is 1.00 bits per heavy atom. The summed E-state index contributed by atoms with van der Waals surface area (Å²) in [5.74, 6) is 0.507. The summed E-state index contributed by atoms with van der Waals surface area (Å²) in [6.07, 6.45) is -0.577. The molecule has 0 aliphatic rings. The number of ether oxygens (including phenoxy) is 1. The van der Waals surface area contributed by atoms with Gasteiger partial charge in [0.2, 0.25) is 0 Å². The van der Waals surface area contributed by atoms with Crippen molar-refractivity contribution in [3.05, 3.63) is 94.3 Å². The van der Waals surface area contributed by atoms with Crippen LogP contribution in [0.25, 0.3) is 21.8 Å². The lowest BCUT2D eigenvalue weighted by atomic mass is 10.1. The molecule has 1 heterocycles. The number of halogens is 1. The Morgan fingerprint density at radius 2 is 1.71 bits per heavy atom. The van der Waals surface area contributed by atoms with Crippen LogP contribution in [0, 0.1) is 0 Å². The van der Waals surface area contributed by atoms with Gasteiger partial charge in [-0.25, -0.2) is 4.98 Å². The predicted octanol–water partition coefficient (Wildman–Crippen LogP) is 6.32. The molecule has 1 unspecified atom stereocenters. The first-order valence-electron chi connectivity index (χ1n) is 9.89. The monoisotopic (exact) mass is 492 g/mol. The first-order chi connectivity index (χ1) is 15.1. The van der Waals surface area contributed by atoms with Crippen molar-refractivity contribution < 1.29 is 9.53 Å². The van der Waals surface area contributed by atoms with Crippen LogP contribution >= 0.6 is 27.3 Å². The molecule has 3 aromatic carbocycles. The summed E-state index contributed by atoms with van der Waals surface area (Å²) < 4.78 is 6.66. The van der Waals surface area contributed by atoms with Gasteiger partial charge in [-0.2, -0.15) is 0 Å². The minimum Gasteiger partial charge on any atom is -0.481 e. The second-order valence-electron chi connectivity index (χ2n) is 7.03. The van der Waals surface area contributed by atoms with Gasteiger partial charge in [0.25, 0.3) is 5.91 Å². The SMILES string of the molecule is CC(Oc1ccc(Br)cc1)C(=O)NCc1ccc(-c2nc(-c3ccccc3)cs2)cc1. The van der Waals surface area contributed by atoms with Gasteiger partial charge in [0.15, 0.2) is 6.10 Å². The van der Waals surface area contributed by atoms with E-state index in [9.17, 15) is 4.79 Å². The van der Waals surface area contributed by atoms with Crippen molar-refractivity contribution in [3.8, 4) is 27.6 Å². The lowest BCUT2D eigenvalue weighted by molar-refractivity contribution is -0.127. The summed E-state index contributed by atoms with van der Waals surface area (Å²) >= 11 is 5.01. The number of rotatable bonds is 7.